The van der Waals surface area contributed by atoms with Gasteiger partial charge in [0.25, 0.3) is 30.1 Å². The van der Waals surface area contributed by atoms with Gasteiger partial charge in [-0.25, -0.2) is 29.6 Å². The van der Waals surface area contributed by atoms with Crippen LogP contribution in [0.1, 0.15) is 35.6 Å². The van der Waals surface area contributed by atoms with Gasteiger partial charge in [0.05, 0.1) is 14.7 Å². The Morgan fingerprint density at radius 1 is 0.486 bits per heavy atom. The first-order valence-electron chi connectivity index (χ1n) is 21.4. The molecule has 0 fully saturated rings. The number of sulfonamides is 3. The topological polar surface area (TPSA) is 216 Å². The van der Waals surface area contributed by atoms with Crippen molar-refractivity contribution in [3.8, 4) is 31.7 Å². The molecule has 0 saturated heterocycles. The average Bonchev–Trinajstić information content (AvgIpc) is 4.15. The van der Waals surface area contributed by atoms with Gasteiger partial charge in [-0.3, -0.25) is 14.2 Å². The highest BCUT2D eigenvalue weighted by molar-refractivity contribution is 7.93. The Kier molecular flexibility index (Phi) is 17.5. The van der Waals surface area contributed by atoms with E-state index in [4.69, 9.17) is 23.2 Å². The third-order valence-corrected chi connectivity index (χ3v) is 18.4. The number of rotatable bonds is 14. The first kappa shape index (κ1) is 53.6. The van der Waals surface area contributed by atoms with E-state index in [1.165, 1.54) is 40.9 Å². The normalized spacial score (nSPS) is 11.4. The summed E-state index contributed by atoms with van der Waals surface area (Å²) in [5.41, 5.74) is 5.01. The molecule has 0 unspecified atom stereocenters. The van der Waals surface area contributed by atoms with E-state index in [0.717, 1.165) is 40.9 Å². The van der Waals surface area contributed by atoms with Crippen LogP contribution in [0.4, 0.5) is 19.8 Å². The van der Waals surface area contributed by atoms with Gasteiger partial charge in [0.1, 0.15) is 20.8 Å². The number of nitrogens with zero attached hydrogens (tertiary/aromatic N) is 6. The van der Waals surface area contributed by atoms with Gasteiger partial charge in [0.2, 0.25) is 15.4 Å². The van der Waals surface area contributed by atoms with Crippen molar-refractivity contribution in [3.05, 3.63) is 178 Å². The van der Waals surface area contributed by atoms with Gasteiger partial charge in [-0.15, -0.1) is 30.6 Å². The first-order valence-corrected chi connectivity index (χ1v) is 29.0. The van der Waals surface area contributed by atoms with Crippen LogP contribution in [-0.4, -0.2) is 55.8 Å². The molecule has 3 heterocycles. The van der Waals surface area contributed by atoms with E-state index in [0.29, 0.717) is 47.3 Å². The largest absolute Gasteiger partial charge is 0.264 e. The molecule has 0 aliphatic rings. The number of hydrogen-bond donors (Lipinski definition) is 3. The SMILES string of the molecule is CCCc1ccc(S(=O)(=O)Nc2nnc(-c3ccccc3)s2)cc1.Cc1c(Cl)cccc1S(=O)(=O)Nc1nnc(-c2ccccc2)s1.Cc1cc(-c2nnc(NS(=O)(=O)c3cccc(Cl)c3C)s2)ccc1F. The summed E-state index contributed by atoms with van der Waals surface area (Å²) in [6.07, 6.45) is 1.96. The zero-order valence-corrected chi connectivity index (χ0v) is 44.8. The van der Waals surface area contributed by atoms with Crippen molar-refractivity contribution in [1.82, 2.24) is 30.6 Å². The van der Waals surface area contributed by atoms with Crippen molar-refractivity contribution < 1.29 is 29.6 Å². The van der Waals surface area contributed by atoms with Crippen molar-refractivity contribution in [2.24, 2.45) is 0 Å². The Bertz CT molecular complexity index is 3660. The summed E-state index contributed by atoms with van der Waals surface area (Å²) in [7, 11) is -11.3. The van der Waals surface area contributed by atoms with Gasteiger partial charge in [0.15, 0.2) is 0 Å². The highest BCUT2D eigenvalue weighted by Crippen LogP contribution is 2.33. The quantitative estimate of drug-likeness (QED) is 0.0927. The predicted octanol–water partition coefficient (Wildman–Crippen LogP) is 12.3. The smallest absolute Gasteiger partial charge is 0.253 e. The van der Waals surface area contributed by atoms with Crippen LogP contribution in [-0.2, 0) is 36.5 Å². The molecule has 0 spiro atoms. The Hall–Kier alpha value is -6.24. The third-order valence-electron chi connectivity index (χ3n) is 10.2. The van der Waals surface area contributed by atoms with Crippen LogP contribution in [0.15, 0.2) is 154 Å². The minimum absolute atomic E-state index is 0.0781. The molecule has 15 nitrogen and oxygen atoms in total. The lowest BCUT2D eigenvalue weighted by Crippen LogP contribution is -2.14. The van der Waals surface area contributed by atoms with Gasteiger partial charge in [-0.2, -0.15) is 0 Å². The zero-order chi connectivity index (χ0) is 51.6. The van der Waals surface area contributed by atoms with Crippen molar-refractivity contribution in [3.63, 3.8) is 0 Å². The van der Waals surface area contributed by atoms with E-state index < -0.39 is 30.1 Å². The number of benzene rings is 6. The van der Waals surface area contributed by atoms with E-state index in [-0.39, 0.29) is 35.9 Å². The highest BCUT2D eigenvalue weighted by Gasteiger charge is 2.23. The number of halogens is 3. The molecular formula is C48H42Cl2FN9O6S6. The van der Waals surface area contributed by atoms with Crippen LogP contribution in [0, 0.1) is 26.6 Å². The van der Waals surface area contributed by atoms with Gasteiger partial charge < -0.3 is 0 Å². The molecule has 0 atom stereocenters. The molecule has 0 amide bonds. The summed E-state index contributed by atoms with van der Waals surface area (Å²) in [4.78, 5) is 0.426. The molecule has 6 aromatic carbocycles. The molecule has 0 radical (unpaired) electrons. The minimum atomic E-state index is -3.84. The van der Waals surface area contributed by atoms with Crippen LogP contribution in [0.5, 0.6) is 0 Å². The molecule has 72 heavy (non-hydrogen) atoms. The molecular weight excluding hydrogens is 1080 g/mol. The summed E-state index contributed by atoms with van der Waals surface area (Å²) in [5.74, 6) is -0.314. The summed E-state index contributed by atoms with van der Waals surface area (Å²) in [6.45, 7) is 7.02. The number of aromatic nitrogens is 6. The van der Waals surface area contributed by atoms with Crippen LogP contribution in [0.2, 0.25) is 10.0 Å². The van der Waals surface area contributed by atoms with E-state index in [1.807, 2.05) is 72.8 Å². The van der Waals surface area contributed by atoms with Gasteiger partial charge in [-0.1, -0.05) is 155 Å². The summed E-state index contributed by atoms with van der Waals surface area (Å²) >= 11 is 15.4. The standard InChI is InChI=1S/C17H17N3O2S2.C16H13ClFN3O2S2.C15H12ClN3O2S2/c1-2-6-13-9-11-15(12-10-13)24(21,22)20-17-19-18-16(23-17)14-7-4-3-5-8-14;1-9-8-11(6-7-13(9)18)15-19-20-16(24-15)21-25(22,23)14-5-3-4-12(17)10(14)2;1-10-12(16)8-5-9-13(10)23(20,21)19-15-18-17-14(22-15)11-6-3-2-4-7-11/h3-5,7-12H,2,6H2,1H3,(H,19,20);3-8H,1-2H3,(H,20,21);2-9H,1H3,(H,18,19). The summed E-state index contributed by atoms with van der Waals surface area (Å²) < 4.78 is 95.7. The van der Waals surface area contributed by atoms with Crippen LogP contribution in [0.3, 0.4) is 0 Å². The van der Waals surface area contributed by atoms with Crippen molar-refractivity contribution in [2.45, 2.75) is 55.2 Å². The number of hydrogen-bond acceptors (Lipinski definition) is 15. The Morgan fingerprint density at radius 2 is 0.903 bits per heavy atom. The van der Waals surface area contributed by atoms with E-state index >= 15 is 0 Å². The Balaban J connectivity index is 0.000000159. The van der Waals surface area contributed by atoms with Crippen LogP contribution in [0.25, 0.3) is 31.7 Å². The van der Waals surface area contributed by atoms with Gasteiger partial charge >= 0.3 is 0 Å². The molecule has 0 bridgehead atoms. The lowest BCUT2D eigenvalue weighted by atomic mass is 10.1. The van der Waals surface area contributed by atoms with Crippen LogP contribution < -0.4 is 14.2 Å². The molecule has 3 N–H and O–H groups in total. The lowest BCUT2D eigenvalue weighted by Gasteiger charge is -2.08. The second kappa shape index (κ2) is 23.5. The van der Waals surface area contributed by atoms with Crippen molar-refractivity contribution >= 4 is 103 Å². The molecule has 0 saturated carbocycles. The second-order valence-electron chi connectivity index (χ2n) is 15.4. The highest BCUT2D eigenvalue weighted by atomic mass is 35.5. The maximum atomic E-state index is 13.4. The summed E-state index contributed by atoms with van der Waals surface area (Å²) in [6, 6.07) is 39.8. The zero-order valence-electron chi connectivity index (χ0n) is 38.4. The van der Waals surface area contributed by atoms with Crippen molar-refractivity contribution in [1.29, 1.82) is 0 Å². The number of nitrogens with one attached hydrogen (secondary N) is 3. The average molecular weight is 1120 g/mol. The predicted molar refractivity (Wildman–Crippen MR) is 286 cm³/mol. The maximum Gasteiger partial charge on any atom is 0.264 e. The Labute approximate surface area is 438 Å². The number of anilines is 3. The van der Waals surface area contributed by atoms with E-state index in [1.54, 1.807) is 69.3 Å². The molecule has 0 aliphatic carbocycles. The number of aryl methyl sites for hydroxylation is 2. The van der Waals surface area contributed by atoms with Crippen LogP contribution >= 0.6 is 57.2 Å². The van der Waals surface area contributed by atoms with Crippen molar-refractivity contribution in [2.75, 3.05) is 14.2 Å². The molecule has 372 valence electrons. The van der Waals surface area contributed by atoms with E-state index in [2.05, 4.69) is 51.7 Å². The third kappa shape index (κ3) is 13.6. The minimum Gasteiger partial charge on any atom is -0.253 e. The monoisotopic (exact) mass is 1120 g/mol. The molecule has 0 aliphatic heterocycles. The van der Waals surface area contributed by atoms with Gasteiger partial charge in [0, 0.05) is 26.7 Å². The molecule has 3 aromatic heterocycles. The summed E-state index contributed by atoms with van der Waals surface area (Å²) in [5, 5.41) is 26.9. The fraction of sp³-hybridized carbons (Fsp3) is 0.125. The lowest BCUT2D eigenvalue weighted by molar-refractivity contribution is 0.598. The fourth-order valence-corrected chi connectivity index (χ4v) is 13.4. The maximum absolute atomic E-state index is 13.4. The fourth-order valence-electron chi connectivity index (χ4n) is 6.48. The first-order chi connectivity index (χ1) is 34.3. The molecule has 9 aromatic rings. The Morgan fingerprint density at radius 3 is 1.32 bits per heavy atom. The van der Waals surface area contributed by atoms with Gasteiger partial charge in [-0.05, 0) is 104 Å². The van der Waals surface area contributed by atoms with E-state index in [9.17, 15) is 29.6 Å². The molecule has 9 rings (SSSR count). The molecule has 24 heteroatoms. The second-order valence-corrected chi connectivity index (χ2v) is 24.1.